The van der Waals surface area contributed by atoms with Gasteiger partial charge in [0.2, 0.25) is 10.0 Å². The molecule has 0 bridgehead atoms. The first-order chi connectivity index (χ1) is 9.78. The Labute approximate surface area is 129 Å². The number of nitrogens with zero attached hydrogens (tertiary/aromatic N) is 1. The zero-order chi connectivity index (χ0) is 15.8. The molecule has 0 amide bonds. The van der Waals surface area contributed by atoms with Gasteiger partial charge in [-0.05, 0) is 43.9 Å². The highest BCUT2D eigenvalue weighted by atomic mass is 35.5. The quantitative estimate of drug-likeness (QED) is 0.778. The number of rotatable bonds is 5. The molecular formula is C14H18ClNO4S. The lowest BCUT2D eigenvalue weighted by molar-refractivity contribution is 0.0596. The molecule has 0 aliphatic heterocycles. The topological polar surface area (TPSA) is 63.7 Å². The fourth-order valence-electron chi connectivity index (χ4n) is 2.24. The van der Waals surface area contributed by atoms with Crippen molar-refractivity contribution in [2.24, 2.45) is 5.92 Å². The molecule has 0 saturated heterocycles. The first kappa shape index (κ1) is 16.3. The van der Waals surface area contributed by atoms with Gasteiger partial charge < -0.3 is 4.74 Å². The number of ether oxygens (including phenoxy) is 1. The fourth-order valence-corrected chi connectivity index (χ4v) is 4.10. The van der Waals surface area contributed by atoms with Gasteiger partial charge in [0.1, 0.15) is 0 Å². The fraction of sp³-hybridized carbons (Fsp3) is 0.500. The van der Waals surface area contributed by atoms with E-state index < -0.39 is 16.0 Å². The Morgan fingerprint density at radius 2 is 2.05 bits per heavy atom. The van der Waals surface area contributed by atoms with Crippen LogP contribution in [0.2, 0.25) is 5.02 Å². The van der Waals surface area contributed by atoms with Crippen molar-refractivity contribution < 1.29 is 17.9 Å². The Morgan fingerprint density at radius 3 is 2.57 bits per heavy atom. The van der Waals surface area contributed by atoms with E-state index in [0.717, 1.165) is 12.8 Å². The Morgan fingerprint density at radius 1 is 1.43 bits per heavy atom. The van der Waals surface area contributed by atoms with Gasteiger partial charge in [-0.15, -0.1) is 0 Å². The highest BCUT2D eigenvalue weighted by molar-refractivity contribution is 7.89. The van der Waals surface area contributed by atoms with Crippen molar-refractivity contribution in [3.8, 4) is 0 Å². The summed E-state index contributed by atoms with van der Waals surface area (Å²) >= 11 is 5.89. The Hall–Kier alpha value is -1.11. The van der Waals surface area contributed by atoms with Crippen LogP contribution in [0.4, 0.5) is 0 Å². The monoisotopic (exact) mass is 331 g/mol. The molecule has 5 nitrogen and oxygen atoms in total. The van der Waals surface area contributed by atoms with E-state index >= 15 is 0 Å². The SMILES string of the molecule is COC(=O)c1ccc(Cl)cc1S(=O)(=O)N(C)[C@@H](C)C1CC1. The highest BCUT2D eigenvalue weighted by Crippen LogP contribution is 2.37. The van der Waals surface area contributed by atoms with Crippen LogP contribution < -0.4 is 0 Å². The summed E-state index contributed by atoms with van der Waals surface area (Å²) in [6, 6.07) is 4.02. The van der Waals surface area contributed by atoms with Crippen molar-refractivity contribution in [1.29, 1.82) is 0 Å². The van der Waals surface area contributed by atoms with E-state index in [1.807, 2.05) is 6.92 Å². The van der Waals surface area contributed by atoms with Crippen LogP contribution in [0.1, 0.15) is 30.1 Å². The van der Waals surface area contributed by atoms with E-state index in [-0.39, 0.29) is 21.5 Å². The molecule has 1 aliphatic carbocycles. The molecule has 1 aromatic carbocycles. The molecule has 1 saturated carbocycles. The van der Waals surface area contributed by atoms with Gasteiger partial charge in [0, 0.05) is 18.1 Å². The molecule has 1 aliphatic rings. The van der Waals surface area contributed by atoms with E-state index in [9.17, 15) is 13.2 Å². The molecule has 116 valence electrons. The summed E-state index contributed by atoms with van der Waals surface area (Å²) in [5.74, 6) is -0.316. The van der Waals surface area contributed by atoms with Crippen molar-refractivity contribution in [3.05, 3.63) is 28.8 Å². The molecule has 0 radical (unpaired) electrons. The van der Waals surface area contributed by atoms with E-state index in [2.05, 4.69) is 4.74 Å². The van der Waals surface area contributed by atoms with Gasteiger partial charge >= 0.3 is 5.97 Å². The van der Waals surface area contributed by atoms with Crippen LogP contribution in [-0.4, -0.2) is 38.9 Å². The largest absolute Gasteiger partial charge is 0.465 e. The summed E-state index contributed by atoms with van der Waals surface area (Å²) in [7, 11) is -1.06. The molecule has 0 heterocycles. The number of hydrogen-bond donors (Lipinski definition) is 0. The number of methoxy groups -OCH3 is 1. The lowest BCUT2D eigenvalue weighted by Crippen LogP contribution is -2.37. The number of carbonyl (C=O) groups excluding carboxylic acids is 1. The molecule has 0 unspecified atom stereocenters. The van der Waals surface area contributed by atoms with Crippen LogP contribution in [0.15, 0.2) is 23.1 Å². The summed E-state index contributed by atoms with van der Waals surface area (Å²) < 4.78 is 31.5. The maximum Gasteiger partial charge on any atom is 0.339 e. The van der Waals surface area contributed by atoms with Crippen molar-refractivity contribution in [2.75, 3.05) is 14.2 Å². The van der Waals surface area contributed by atoms with E-state index in [1.54, 1.807) is 0 Å². The lowest BCUT2D eigenvalue weighted by atomic mass is 10.2. The number of carbonyl (C=O) groups is 1. The van der Waals surface area contributed by atoms with Gasteiger partial charge in [-0.1, -0.05) is 11.6 Å². The summed E-state index contributed by atoms with van der Waals surface area (Å²) in [4.78, 5) is 11.7. The predicted molar refractivity (Wildman–Crippen MR) is 79.9 cm³/mol. The molecule has 1 aromatic rings. The second kappa shape index (κ2) is 5.94. The summed E-state index contributed by atoms with van der Waals surface area (Å²) in [5, 5.41) is 0.258. The van der Waals surface area contributed by atoms with Crippen LogP contribution in [0.25, 0.3) is 0 Å². The number of hydrogen-bond acceptors (Lipinski definition) is 4. The van der Waals surface area contributed by atoms with E-state index in [0.29, 0.717) is 5.92 Å². The van der Waals surface area contributed by atoms with Gasteiger partial charge in [0.15, 0.2) is 0 Å². The van der Waals surface area contributed by atoms with Crippen molar-refractivity contribution in [3.63, 3.8) is 0 Å². The van der Waals surface area contributed by atoms with Crippen LogP contribution >= 0.6 is 11.6 Å². The van der Waals surface area contributed by atoms with Crippen LogP contribution in [0, 0.1) is 5.92 Å². The van der Waals surface area contributed by atoms with Gasteiger partial charge in [-0.3, -0.25) is 0 Å². The molecule has 0 N–H and O–H groups in total. The third-order valence-corrected chi connectivity index (χ3v) is 6.10. The minimum Gasteiger partial charge on any atom is -0.465 e. The van der Waals surface area contributed by atoms with Gasteiger partial charge in [-0.2, -0.15) is 4.31 Å². The molecule has 21 heavy (non-hydrogen) atoms. The zero-order valence-corrected chi connectivity index (χ0v) is 13.7. The number of halogens is 1. The van der Waals surface area contributed by atoms with Crippen LogP contribution in [0.3, 0.4) is 0 Å². The minimum atomic E-state index is -3.80. The van der Waals surface area contributed by atoms with Gasteiger partial charge in [0.05, 0.1) is 17.6 Å². The molecule has 7 heteroatoms. The van der Waals surface area contributed by atoms with Crippen molar-refractivity contribution >= 4 is 27.6 Å². The first-order valence-corrected chi connectivity index (χ1v) is 8.46. The Balaban J connectivity index is 2.47. The smallest absolute Gasteiger partial charge is 0.339 e. The Kier molecular flexibility index (Phi) is 4.60. The zero-order valence-electron chi connectivity index (χ0n) is 12.2. The highest BCUT2D eigenvalue weighted by Gasteiger charge is 2.37. The molecule has 2 rings (SSSR count). The maximum absolute atomic E-state index is 12.8. The first-order valence-electron chi connectivity index (χ1n) is 6.65. The normalized spacial score (nSPS) is 16.8. The molecular weight excluding hydrogens is 314 g/mol. The Bertz CT molecular complexity index is 655. The number of esters is 1. The van der Waals surface area contributed by atoms with Crippen molar-refractivity contribution in [1.82, 2.24) is 4.31 Å². The number of sulfonamides is 1. The summed E-state index contributed by atoms with van der Waals surface area (Å²) in [6.45, 7) is 1.87. The van der Waals surface area contributed by atoms with Crippen LogP contribution in [-0.2, 0) is 14.8 Å². The second-order valence-electron chi connectivity index (χ2n) is 5.23. The van der Waals surface area contributed by atoms with E-state index in [4.69, 9.17) is 11.6 Å². The average molecular weight is 332 g/mol. The molecule has 0 aromatic heterocycles. The maximum atomic E-state index is 12.8. The third kappa shape index (κ3) is 3.22. The summed E-state index contributed by atoms with van der Waals surface area (Å²) in [6.07, 6.45) is 2.06. The standard InChI is InChI=1S/C14H18ClNO4S/c1-9(10-4-5-10)16(2)21(18,19)13-8-11(15)6-7-12(13)14(17)20-3/h6-10H,4-5H2,1-3H3/t9-/m0/s1. The molecule has 1 fully saturated rings. The third-order valence-electron chi connectivity index (χ3n) is 3.88. The minimum absolute atomic E-state index is 0.00301. The van der Waals surface area contributed by atoms with E-state index in [1.165, 1.54) is 36.7 Å². The number of benzene rings is 1. The predicted octanol–water partition coefficient (Wildman–Crippen LogP) is 2.55. The van der Waals surface area contributed by atoms with Gasteiger partial charge in [0.25, 0.3) is 0 Å². The second-order valence-corrected chi connectivity index (χ2v) is 7.63. The lowest BCUT2D eigenvalue weighted by Gasteiger charge is -2.25. The van der Waals surface area contributed by atoms with Gasteiger partial charge in [-0.25, -0.2) is 13.2 Å². The van der Waals surface area contributed by atoms with Crippen molar-refractivity contribution in [2.45, 2.75) is 30.7 Å². The van der Waals surface area contributed by atoms with Crippen LogP contribution in [0.5, 0.6) is 0 Å². The summed E-state index contributed by atoms with van der Waals surface area (Å²) in [5.41, 5.74) is -0.00301. The molecule has 0 spiro atoms. The average Bonchev–Trinajstić information content (AvgIpc) is 3.29. The molecule has 1 atom stereocenters.